The fourth-order valence-electron chi connectivity index (χ4n) is 7.27. The van der Waals surface area contributed by atoms with Crippen LogP contribution in [0.15, 0.2) is 176 Å². The minimum absolute atomic E-state index is 0.639. The Morgan fingerprint density at radius 2 is 0.808 bits per heavy atom. The number of rotatable bonds is 6. The monoisotopic (exact) mass is 665 g/mol. The number of nitrogens with zero attached hydrogens (tertiary/aromatic N) is 3. The standard InChI is InChI=1S/C49H35N3/c1-32-28-33(2)30-42(29-32)40-13-8-14-41(31-40)48-50-47(39-24-22-37(23-25-39)36-20-18-35(19-21-36)34-10-4-3-5-11-34)51-49(52-48)46-17-9-16-44-43-15-7-6-12-38(43)26-27-45(44)46/h3-31H,1-2H3. The molecule has 1 heterocycles. The molecule has 0 aliphatic heterocycles. The molecule has 0 atom stereocenters. The predicted molar refractivity (Wildman–Crippen MR) is 217 cm³/mol. The molecule has 3 nitrogen and oxygen atoms in total. The maximum Gasteiger partial charge on any atom is 0.164 e. The van der Waals surface area contributed by atoms with Gasteiger partial charge in [-0.3, -0.25) is 0 Å². The van der Waals surface area contributed by atoms with Crippen molar-refractivity contribution in [2.45, 2.75) is 13.8 Å². The number of hydrogen-bond donors (Lipinski definition) is 0. The van der Waals surface area contributed by atoms with Crippen LogP contribution in [0.2, 0.25) is 0 Å². The quantitative estimate of drug-likeness (QED) is 0.166. The number of hydrogen-bond acceptors (Lipinski definition) is 3. The van der Waals surface area contributed by atoms with Crippen molar-refractivity contribution >= 4 is 21.5 Å². The molecule has 0 saturated carbocycles. The van der Waals surface area contributed by atoms with Gasteiger partial charge in [0.25, 0.3) is 0 Å². The normalized spacial score (nSPS) is 11.3. The van der Waals surface area contributed by atoms with Crippen LogP contribution in [-0.2, 0) is 0 Å². The number of benzene rings is 8. The van der Waals surface area contributed by atoms with Crippen molar-refractivity contribution < 1.29 is 0 Å². The molecule has 0 fully saturated rings. The lowest BCUT2D eigenvalue weighted by Crippen LogP contribution is -2.01. The first-order chi connectivity index (χ1) is 25.6. The van der Waals surface area contributed by atoms with Crippen molar-refractivity contribution in [3.8, 4) is 67.5 Å². The second-order valence-corrected chi connectivity index (χ2v) is 13.5. The molecule has 0 N–H and O–H groups in total. The fourth-order valence-corrected chi connectivity index (χ4v) is 7.27. The van der Waals surface area contributed by atoms with Crippen LogP contribution >= 0.6 is 0 Å². The molecule has 8 aromatic carbocycles. The van der Waals surface area contributed by atoms with Gasteiger partial charge in [-0.25, -0.2) is 15.0 Å². The minimum Gasteiger partial charge on any atom is -0.208 e. The largest absolute Gasteiger partial charge is 0.208 e. The van der Waals surface area contributed by atoms with Crippen molar-refractivity contribution in [3.63, 3.8) is 0 Å². The second kappa shape index (κ2) is 13.2. The first-order valence-electron chi connectivity index (χ1n) is 17.7. The van der Waals surface area contributed by atoms with E-state index in [-0.39, 0.29) is 0 Å². The summed E-state index contributed by atoms with van der Waals surface area (Å²) in [5.74, 6) is 1.93. The van der Waals surface area contributed by atoms with Crippen molar-refractivity contribution in [1.29, 1.82) is 0 Å². The van der Waals surface area contributed by atoms with Gasteiger partial charge in [-0.05, 0) is 74.8 Å². The topological polar surface area (TPSA) is 38.7 Å². The number of aromatic nitrogens is 3. The Morgan fingerprint density at radius 1 is 0.288 bits per heavy atom. The molecule has 0 aliphatic carbocycles. The van der Waals surface area contributed by atoms with Crippen molar-refractivity contribution in [2.75, 3.05) is 0 Å². The Morgan fingerprint density at radius 3 is 1.52 bits per heavy atom. The lowest BCUT2D eigenvalue weighted by Gasteiger charge is -2.12. The molecule has 246 valence electrons. The van der Waals surface area contributed by atoms with Gasteiger partial charge in [-0.15, -0.1) is 0 Å². The van der Waals surface area contributed by atoms with E-state index < -0.39 is 0 Å². The summed E-state index contributed by atoms with van der Waals surface area (Å²) in [4.78, 5) is 15.5. The van der Waals surface area contributed by atoms with Gasteiger partial charge in [-0.2, -0.15) is 0 Å². The summed E-state index contributed by atoms with van der Waals surface area (Å²) in [5.41, 5.74) is 12.4. The summed E-state index contributed by atoms with van der Waals surface area (Å²) < 4.78 is 0. The molecule has 0 bridgehead atoms. The molecule has 0 unspecified atom stereocenters. The lowest BCUT2D eigenvalue weighted by atomic mass is 9.97. The minimum atomic E-state index is 0.639. The van der Waals surface area contributed by atoms with Crippen molar-refractivity contribution in [2.24, 2.45) is 0 Å². The van der Waals surface area contributed by atoms with Gasteiger partial charge in [0, 0.05) is 16.7 Å². The molecule has 9 rings (SSSR count). The second-order valence-electron chi connectivity index (χ2n) is 13.5. The summed E-state index contributed by atoms with van der Waals surface area (Å²) in [7, 11) is 0. The summed E-state index contributed by atoms with van der Waals surface area (Å²) in [6.45, 7) is 4.28. The van der Waals surface area contributed by atoms with E-state index in [2.05, 4.69) is 184 Å². The third-order valence-corrected chi connectivity index (χ3v) is 9.81. The maximum atomic E-state index is 5.18. The van der Waals surface area contributed by atoms with Crippen molar-refractivity contribution in [1.82, 2.24) is 15.0 Å². The molecule has 0 amide bonds. The van der Waals surface area contributed by atoms with E-state index in [4.69, 9.17) is 15.0 Å². The smallest absolute Gasteiger partial charge is 0.164 e. The average Bonchev–Trinajstić information content (AvgIpc) is 3.20. The van der Waals surface area contributed by atoms with Crippen LogP contribution in [0.4, 0.5) is 0 Å². The van der Waals surface area contributed by atoms with Gasteiger partial charge in [-0.1, -0.05) is 181 Å². The molecule has 0 spiro atoms. The molecule has 3 heteroatoms. The highest BCUT2D eigenvalue weighted by Crippen LogP contribution is 2.35. The van der Waals surface area contributed by atoms with Crippen LogP contribution < -0.4 is 0 Å². The zero-order valence-electron chi connectivity index (χ0n) is 29.1. The molecule has 9 aromatic rings. The van der Waals surface area contributed by atoms with E-state index in [9.17, 15) is 0 Å². The van der Waals surface area contributed by atoms with E-state index in [0.717, 1.165) is 38.8 Å². The van der Waals surface area contributed by atoms with Crippen LogP contribution in [0.3, 0.4) is 0 Å². The third-order valence-electron chi connectivity index (χ3n) is 9.81. The van der Waals surface area contributed by atoms with Crippen LogP contribution in [0, 0.1) is 13.8 Å². The van der Waals surface area contributed by atoms with E-state index in [1.54, 1.807) is 0 Å². The van der Waals surface area contributed by atoms with Crippen LogP contribution in [0.5, 0.6) is 0 Å². The first kappa shape index (κ1) is 31.3. The van der Waals surface area contributed by atoms with Crippen LogP contribution in [0.1, 0.15) is 11.1 Å². The first-order valence-corrected chi connectivity index (χ1v) is 17.7. The Hall–Kier alpha value is -6.71. The highest BCUT2D eigenvalue weighted by molar-refractivity contribution is 6.11. The molecule has 0 radical (unpaired) electrons. The Labute approximate surface area is 304 Å². The van der Waals surface area contributed by atoms with Gasteiger partial charge < -0.3 is 0 Å². The summed E-state index contributed by atoms with van der Waals surface area (Å²) >= 11 is 0. The predicted octanol–water partition coefficient (Wildman–Crippen LogP) is 12.8. The zero-order valence-corrected chi connectivity index (χ0v) is 29.1. The van der Waals surface area contributed by atoms with Crippen LogP contribution in [0.25, 0.3) is 89.1 Å². The highest BCUT2D eigenvalue weighted by Gasteiger charge is 2.16. The van der Waals surface area contributed by atoms with Gasteiger partial charge in [0.2, 0.25) is 0 Å². The van der Waals surface area contributed by atoms with Gasteiger partial charge in [0.1, 0.15) is 0 Å². The van der Waals surface area contributed by atoms with Crippen LogP contribution in [-0.4, -0.2) is 15.0 Å². The summed E-state index contributed by atoms with van der Waals surface area (Å²) in [6, 6.07) is 62.2. The van der Waals surface area contributed by atoms with Gasteiger partial charge in [0.15, 0.2) is 17.5 Å². The molecule has 0 aliphatic rings. The maximum absolute atomic E-state index is 5.18. The zero-order chi connectivity index (χ0) is 35.0. The lowest BCUT2D eigenvalue weighted by molar-refractivity contribution is 1.08. The van der Waals surface area contributed by atoms with E-state index in [0.29, 0.717) is 17.5 Å². The van der Waals surface area contributed by atoms with Crippen molar-refractivity contribution in [3.05, 3.63) is 187 Å². The Bertz CT molecular complexity index is 2710. The van der Waals surface area contributed by atoms with Gasteiger partial charge >= 0.3 is 0 Å². The Balaban J connectivity index is 1.16. The molecule has 0 saturated heterocycles. The Kier molecular flexibility index (Phi) is 7.94. The van der Waals surface area contributed by atoms with E-state index >= 15 is 0 Å². The van der Waals surface area contributed by atoms with E-state index in [1.165, 1.54) is 44.0 Å². The third kappa shape index (κ3) is 6.03. The fraction of sp³-hybridized carbons (Fsp3) is 0.0408. The molecule has 52 heavy (non-hydrogen) atoms. The SMILES string of the molecule is Cc1cc(C)cc(-c2cccc(-c3nc(-c4ccc(-c5ccc(-c6ccccc6)cc5)cc4)nc(-c4cccc5c4ccc4ccccc45)n3)c2)c1. The summed E-state index contributed by atoms with van der Waals surface area (Å²) in [5, 5.41) is 4.72. The van der Waals surface area contributed by atoms with Gasteiger partial charge in [0.05, 0.1) is 0 Å². The molecular weight excluding hydrogens is 631 g/mol. The van der Waals surface area contributed by atoms with E-state index in [1.807, 2.05) is 6.07 Å². The highest BCUT2D eigenvalue weighted by atomic mass is 15.0. The average molecular weight is 666 g/mol. The number of fused-ring (bicyclic) bond motifs is 3. The molecular formula is C49H35N3. The molecule has 1 aromatic heterocycles. The summed E-state index contributed by atoms with van der Waals surface area (Å²) in [6.07, 6.45) is 0. The number of aryl methyl sites for hydroxylation is 2.